The molecule has 0 aromatic carbocycles. The standard InChI is InChI=1S/C39H37F3N12O4/c1-19-18-57-38-22(6-24(41)11-44-38)16-52-26(10-40)8-28-31(54-35(50-33(28)52)30(14-47-54)37(56)48-19)9-27-3-4-43-36(55)29-13-46-53-17-21-5-20(2)51(32(21)49-34(29)53)15-23-7-25(42)12-45-39(23)58-27/h6-7,11-14,17,19-20,26-27H,3-5,8-10,15-16,18H2,1-2H3,(H,43,55)(H,48,56)/t19-,20-,26+,27-/m1/s1. The molecule has 0 fully saturated rings. The Kier molecular flexibility index (Phi) is 8.56. The molecule has 0 aliphatic carbocycles. The minimum Gasteiger partial charge on any atom is -0.475 e. The van der Waals surface area contributed by atoms with Crippen LogP contribution in [0.25, 0.3) is 11.3 Å². The summed E-state index contributed by atoms with van der Waals surface area (Å²) in [4.78, 5) is 49.5. The maximum Gasteiger partial charge on any atom is 0.257 e. The van der Waals surface area contributed by atoms with Crippen LogP contribution in [-0.2, 0) is 32.4 Å². The normalized spacial score (nSPS) is 21.7. The van der Waals surface area contributed by atoms with Crippen molar-refractivity contribution in [1.82, 2.24) is 49.8 Å². The third kappa shape index (κ3) is 6.06. The van der Waals surface area contributed by atoms with Gasteiger partial charge in [-0.05, 0) is 32.4 Å². The molecule has 4 aliphatic rings. The summed E-state index contributed by atoms with van der Waals surface area (Å²) in [7, 11) is 0. The zero-order chi connectivity index (χ0) is 39.8. The summed E-state index contributed by atoms with van der Waals surface area (Å²) in [6, 6.07) is 1.50. The molecule has 0 radical (unpaired) electrons. The first-order chi connectivity index (χ1) is 28.1. The molecule has 0 saturated carbocycles. The molecule has 10 heterocycles. The number of carbonyl (C=O) groups excluding carboxylic acids is 2. The Morgan fingerprint density at radius 3 is 2.38 bits per heavy atom. The highest BCUT2D eigenvalue weighted by Gasteiger charge is 2.38. The maximum absolute atomic E-state index is 15.1. The molecule has 2 amide bonds. The van der Waals surface area contributed by atoms with Crippen LogP contribution in [0, 0.1) is 11.6 Å². The second-order valence-electron chi connectivity index (χ2n) is 15.3. The van der Waals surface area contributed by atoms with Gasteiger partial charge >= 0.3 is 0 Å². The number of alkyl halides is 1. The molecule has 16 nitrogen and oxygen atoms in total. The number of halogens is 3. The van der Waals surface area contributed by atoms with E-state index in [0.29, 0.717) is 51.7 Å². The first-order valence-corrected chi connectivity index (χ1v) is 19.1. The van der Waals surface area contributed by atoms with E-state index in [0.717, 1.165) is 18.0 Å². The van der Waals surface area contributed by atoms with Gasteiger partial charge in [0.2, 0.25) is 11.8 Å². The smallest absolute Gasteiger partial charge is 0.257 e. The van der Waals surface area contributed by atoms with Crippen molar-refractivity contribution in [3.63, 3.8) is 0 Å². The summed E-state index contributed by atoms with van der Waals surface area (Å²) in [5.41, 5.74) is 4.18. The molecule has 4 bridgehead atoms. The van der Waals surface area contributed by atoms with Crippen molar-refractivity contribution < 1.29 is 32.2 Å². The van der Waals surface area contributed by atoms with E-state index < -0.39 is 42.4 Å². The number of ether oxygens (including phenoxy) is 2. The number of aromatic nitrogens is 8. The fourth-order valence-electron chi connectivity index (χ4n) is 8.44. The molecular formula is C39H37F3N12O4. The van der Waals surface area contributed by atoms with E-state index in [-0.39, 0.29) is 80.4 Å². The topological polar surface area (TPSA) is 169 Å². The molecule has 19 heteroatoms. The molecule has 0 unspecified atom stereocenters. The Morgan fingerprint density at radius 1 is 0.845 bits per heavy atom. The summed E-state index contributed by atoms with van der Waals surface area (Å²) in [5.74, 6) is -0.511. The highest BCUT2D eigenvalue weighted by atomic mass is 19.1. The van der Waals surface area contributed by atoms with Crippen LogP contribution < -0.4 is 29.9 Å². The summed E-state index contributed by atoms with van der Waals surface area (Å²) in [5, 5.41) is 14.9. The highest BCUT2D eigenvalue weighted by Crippen LogP contribution is 2.39. The first kappa shape index (κ1) is 35.9. The van der Waals surface area contributed by atoms with E-state index in [4.69, 9.17) is 19.4 Å². The summed E-state index contributed by atoms with van der Waals surface area (Å²) < 4.78 is 60.5. The van der Waals surface area contributed by atoms with Gasteiger partial charge in [0.25, 0.3) is 11.8 Å². The van der Waals surface area contributed by atoms with Crippen LogP contribution >= 0.6 is 0 Å². The molecule has 4 atom stereocenters. The van der Waals surface area contributed by atoms with Gasteiger partial charge in [-0.25, -0.2) is 42.1 Å². The molecule has 4 aliphatic heterocycles. The van der Waals surface area contributed by atoms with Gasteiger partial charge in [-0.3, -0.25) is 9.59 Å². The minimum atomic E-state index is -0.758. The monoisotopic (exact) mass is 794 g/mol. The van der Waals surface area contributed by atoms with E-state index >= 15 is 4.39 Å². The largest absolute Gasteiger partial charge is 0.475 e. The lowest BCUT2D eigenvalue weighted by Crippen LogP contribution is -2.37. The Bertz CT molecular complexity index is 2650. The van der Waals surface area contributed by atoms with Gasteiger partial charge < -0.3 is 29.9 Å². The maximum atomic E-state index is 15.1. The van der Waals surface area contributed by atoms with Crippen molar-refractivity contribution in [2.75, 3.05) is 29.6 Å². The van der Waals surface area contributed by atoms with Gasteiger partial charge in [0, 0.05) is 60.3 Å². The van der Waals surface area contributed by atoms with Crippen LogP contribution in [0.1, 0.15) is 68.9 Å². The molecule has 10 rings (SSSR count). The van der Waals surface area contributed by atoms with Crippen LogP contribution in [0.3, 0.4) is 0 Å². The number of fused-ring (bicyclic) bond motifs is 2. The third-order valence-corrected chi connectivity index (χ3v) is 11.3. The van der Waals surface area contributed by atoms with Crippen molar-refractivity contribution in [3.05, 3.63) is 93.8 Å². The predicted molar refractivity (Wildman–Crippen MR) is 201 cm³/mol. The predicted octanol–water partition coefficient (Wildman–Crippen LogP) is 3.33. The highest BCUT2D eigenvalue weighted by molar-refractivity contribution is 6.00. The van der Waals surface area contributed by atoms with E-state index in [1.807, 2.05) is 18.0 Å². The fourth-order valence-corrected chi connectivity index (χ4v) is 8.44. The van der Waals surface area contributed by atoms with Gasteiger partial charge in [-0.2, -0.15) is 10.2 Å². The lowest BCUT2D eigenvalue weighted by atomic mass is 10.0. The Balaban J connectivity index is 1.09. The molecule has 298 valence electrons. The van der Waals surface area contributed by atoms with Crippen molar-refractivity contribution in [2.24, 2.45) is 0 Å². The molecule has 0 spiro atoms. The number of anilines is 2. The summed E-state index contributed by atoms with van der Waals surface area (Å²) in [6.45, 7) is 3.48. The number of pyridine rings is 2. The van der Waals surface area contributed by atoms with Crippen molar-refractivity contribution in [2.45, 2.75) is 76.8 Å². The number of amides is 2. The fraction of sp³-hybridized carbons (Fsp3) is 0.385. The first-order valence-electron chi connectivity index (χ1n) is 19.1. The molecule has 2 N–H and O–H groups in total. The van der Waals surface area contributed by atoms with Crippen LogP contribution in [0.15, 0.2) is 43.1 Å². The second kappa shape index (κ2) is 13.8. The quantitative estimate of drug-likeness (QED) is 0.269. The molecular weight excluding hydrogens is 758 g/mol. The Hall–Kier alpha value is -6.53. The van der Waals surface area contributed by atoms with E-state index in [1.165, 1.54) is 24.5 Å². The number of nitrogens with one attached hydrogen (secondary N) is 2. The van der Waals surface area contributed by atoms with Crippen LogP contribution in [0.2, 0.25) is 0 Å². The minimum absolute atomic E-state index is 0.0181. The van der Waals surface area contributed by atoms with E-state index in [1.54, 1.807) is 20.9 Å². The van der Waals surface area contributed by atoms with Gasteiger partial charge in [0.05, 0.1) is 55.7 Å². The van der Waals surface area contributed by atoms with Gasteiger partial charge in [-0.1, -0.05) is 0 Å². The molecule has 6 aromatic heterocycles. The Morgan fingerprint density at radius 2 is 1.57 bits per heavy atom. The van der Waals surface area contributed by atoms with Gasteiger partial charge in [0.1, 0.15) is 53.8 Å². The zero-order valence-corrected chi connectivity index (χ0v) is 31.5. The molecule has 0 saturated heterocycles. The Labute approximate surface area is 328 Å². The van der Waals surface area contributed by atoms with Gasteiger partial charge in [0.15, 0.2) is 11.3 Å². The zero-order valence-electron chi connectivity index (χ0n) is 31.5. The van der Waals surface area contributed by atoms with E-state index in [9.17, 15) is 18.4 Å². The number of hydrogen-bond acceptors (Lipinski definition) is 12. The van der Waals surface area contributed by atoms with Crippen LogP contribution in [0.4, 0.5) is 24.8 Å². The van der Waals surface area contributed by atoms with Gasteiger partial charge in [-0.15, -0.1) is 0 Å². The molecule has 58 heavy (non-hydrogen) atoms. The van der Waals surface area contributed by atoms with E-state index in [2.05, 4.69) is 30.8 Å². The SMILES string of the molecule is C[C@@H]1COc2ncc(F)cc2CN2c3nc4c(cnn4c(C[C@H]4CCNC(=O)c5cnn6cc7c(nc56)N(Cc5cc(F)cnc5O4)[C@H](C)C7)c3C[C@H]2CF)C(=O)N1. The summed E-state index contributed by atoms with van der Waals surface area (Å²) >= 11 is 0. The number of carbonyl (C=O) groups is 2. The number of rotatable bonds is 3. The van der Waals surface area contributed by atoms with Crippen molar-refractivity contribution in [1.29, 1.82) is 0 Å². The number of hydrogen-bond donors (Lipinski definition) is 2. The third-order valence-electron chi connectivity index (χ3n) is 11.3. The second-order valence-corrected chi connectivity index (χ2v) is 15.3. The average molecular weight is 795 g/mol. The molecule has 6 aromatic rings. The average Bonchev–Trinajstić information content (AvgIpc) is 3.97. The van der Waals surface area contributed by atoms with Crippen LogP contribution in [0.5, 0.6) is 11.8 Å². The van der Waals surface area contributed by atoms with Crippen LogP contribution in [-0.4, -0.2) is 95.0 Å². The van der Waals surface area contributed by atoms with Crippen molar-refractivity contribution >= 4 is 34.7 Å². The summed E-state index contributed by atoms with van der Waals surface area (Å²) in [6.07, 6.45) is 7.49. The lowest BCUT2D eigenvalue weighted by Gasteiger charge is -2.27. The van der Waals surface area contributed by atoms with Crippen molar-refractivity contribution in [3.8, 4) is 11.8 Å². The number of nitrogens with zero attached hydrogens (tertiary/aromatic N) is 10. The lowest BCUT2D eigenvalue weighted by molar-refractivity contribution is 0.0924.